The predicted octanol–water partition coefficient (Wildman–Crippen LogP) is 3.05. The zero-order valence-corrected chi connectivity index (χ0v) is 13.5. The zero-order valence-electron chi connectivity index (χ0n) is 11.9. The second kappa shape index (κ2) is 7.36. The summed E-state index contributed by atoms with van der Waals surface area (Å²) in [6, 6.07) is 6.71. The number of nitrogens with one attached hydrogen (secondary N) is 1. The van der Waals surface area contributed by atoms with Crippen molar-refractivity contribution in [1.29, 1.82) is 0 Å². The summed E-state index contributed by atoms with van der Waals surface area (Å²) >= 11 is 3.41. The van der Waals surface area contributed by atoms with E-state index in [1.165, 1.54) is 25.9 Å². The van der Waals surface area contributed by atoms with E-state index in [1.54, 1.807) is 0 Å². The topological polar surface area (TPSA) is 28.2 Å². The summed E-state index contributed by atoms with van der Waals surface area (Å²) in [5.41, 5.74) is 1.10. The van der Waals surface area contributed by atoms with Crippen LogP contribution in [0.2, 0.25) is 0 Å². The number of nitrogens with zero attached hydrogens (tertiary/aromatic N) is 2. The van der Waals surface area contributed by atoms with Crippen LogP contribution >= 0.6 is 15.9 Å². The van der Waals surface area contributed by atoms with Crippen LogP contribution in [0.15, 0.2) is 22.8 Å². The van der Waals surface area contributed by atoms with Crippen molar-refractivity contribution in [1.82, 2.24) is 15.2 Å². The first-order chi connectivity index (χ1) is 9.16. The maximum Gasteiger partial charge on any atom is 0.106 e. The van der Waals surface area contributed by atoms with E-state index in [0.717, 1.165) is 23.4 Å². The molecule has 0 saturated carbocycles. The van der Waals surface area contributed by atoms with Crippen LogP contribution in [0.3, 0.4) is 0 Å². The molecule has 2 rings (SSSR count). The molecule has 1 N–H and O–H groups in total. The summed E-state index contributed by atoms with van der Waals surface area (Å²) in [4.78, 5) is 7.08. The standard InChI is InChI=1S/C15H24BrN3/c1-12(2)14(19-8-3-4-9-19)11-17-10-13-6-5-7-15(16)18-13/h5-7,12,14,17H,3-4,8-11H2,1-2H3. The summed E-state index contributed by atoms with van der Waals surface area (Å²) in [6.07, 6.45) is 2.72. The highest BCUT2D eigenvalue weighted by molar-refractivity contribution is 9.10. The average molecular weight is 326 g/mol. The molecule has 0 aliphatic carbocycles. The minimum atomic E-state index is 0.648. The van der Waals surface area contributed by atoms with Crippen LogP contribution < -0.4 is 5.32 Å². The number of rotatable bonds is 6. The number of hydrogen-bond acceptors (Lipinski definition) is 3. The zero-order chi connectivity index (χ0) is 13.7. The quantitative estimate of drug-likeness (QED) is 0.815. The Morgan fingerprint density at radius 3 is 2.68 bits per heavy atom. The number of likely N-dealkylation sites (tertiary alicyclic amines) is 1. The second-order valence-electron chi connectivity index (χ2n) is 5.64. The van der Waals surface area contributed by atoms with Crippen LogP contribution in [0.1, 0.15) is 32.4 Å². The van der Waals surface area contributed by atoms with Gasteiger partial charge in [-0.1, -0.05) is 19.9 Å². The number of halogens is 1. The summed E-state index contributed by atoms with van der Waals surface area (Å²) in [5, 5.41) is 3.56. The maximum atomic E-state index is 4.45. The van der Waals surface area contributed by atoms with Gasteiger partial charge in [0.25, 0.3) is 0 Å². The van der Waals surface area contributed by atoms with Gasteiger partial charge in [0, 0.05) is 19.1 Å². The third-order valence-corrected chi connectivity index (χ3v) is 4.25. The Balaban J connectivity index is 1.82. The van der Waals surface area contributed by atoms with Gasteiger partial charge in [0.1, 0.15) is 4.60 Å². The molecule has 1 aliphatic heterocycles. The third kappa shape index (κ3) is 4.55. The van der Waals surface area contributed by atoms with Crippen LogP contribution in [0, 0.1) is 5.92 Å². The first-order valence-corrected chi connectivity index (χ1v) is 8.02. The fraction of sp³-hybridized carbons (Fsp3) is 0.667. The van der Waals surface area contributed by atoms with Crippen molar-refractivity contribution >= 4 is 15.9 Å². The van der Waals surface area contributed by atoms with E-state index in [9.17, 15) is 0 Å². The van der Waals surface area contributed by atoms with Crippen LogP contribution in [0.25, 0.3) is 0 Å². The SMILES string of the molecule is CC(C)C(CNCc1cccc(Br)n1)N1CCCC1. The van der Waals surface area contributed by atoms with Crippen LogP contribution in [-0.2, 0) is 6.54 Å². The molecule has 106 valence electrons. The van der Waals surface area contributed by atoms with Gasteiger partial charge in [-0.05, 0) is 59.9 Å². The second-order valence-corrected chi connectivity index (χ2v) is 6.45. The lowest BCUT2D eigenvalue weighted by atomic mass is 10.0. The summed E-state index contributed by atoms with van der Waals surface area (Å²) in [7, 11) is 0. The molecular formula is C15H24BrN3. The fourth-order valence-electron chi connectivity index (χ4n) is 2.76. The normalized spacial score (nSPS) is 18.1. The van der Waals surface area contributed by atoms with E-state index in [0.29, 0.717) is 12.0 Å². The van der Waals surface area contributed by atoms with Crippen molar-refractivity contribution in [3.05, 3.63) is 28.5 Å². The lowest BCUT2D eigenvalue weighted by molar-refractivity contribution is 0.186. The molecule has 19 heavy (non-hydrogen) atoms. The van der Waals surface area contributed by atoms with Crippen molar-refractivity contribution in [3.8, 4) is 0 Å². The molecule has 1 fully saturated rings. The van der Waals surface area contributed by atoms with Gasteiger partial charge in [-0.2, -0.15) is 0 Å². The van der Waals surface area contributed by atoms with Crippen molar-refractivity contribution in [3.63, 3.8) is 0 Å². The van der Waals surface area contributed by atoms with Gasteiger partial charge in [0.2, 0.25) is 0 Å². The van der Waals surface area contributed by atoms with Gasteiger partial charge in [-0.3, -0.25) is 4.90 Å². The van der Waals surface area contributed by atoms with Crippen LogP contribution in [0.4, 0.5) is 0 Å². The Morgan fingerprint density at radius 2 is 2.05 bits per heavy atom. The lowest BCUT2D eigenvalue weighted by Gasteiger charge is -2.31. The first-order valence-electron chi connectivity index (χ1n) is 7.23. The number of pyridine rings is 1. The molecule has 1 unspecified atom stereocenters. The molecule has 4 heteroatoms. The van der Waals surface area contributed by atoms with Crippen molar-refractivity contribution in [2.45, 2.75) is 39.3 Å². The smallest absolute Gasteiger partial charge is 0.106 e. The van der Waals surface area contributed by atoms with E-state index < -0.39 is 0 Å². The Morgan fingerprint density at radius 1 is 1.32 bits per heavy atom. The minimum absolute atomic E-state index is 0.648. The third-order valence-electron chi connectivity index (χ3n) is 3.81. The highest BCUT2D eigenvalue weighted by atomic mass is 79.9. The summed E-state index contributed by atoms with van der Waals surface area (Å²) < 4.78 is 0.909. The maximum absolute atomic E-state index is 4.45. The molecule has 0 amide bonds. The number of aromatic nitrogens is 1. The minimum Gasteiger partial charge on any atom is -0.310 e. The van der Waals surface area contributed by atoms with Gasteiger partial charge in [0.15, 0.2) is 0 Å². The van der Waals surface area contributed by atoms with Crippen LogP contribution in [0.5, 0.6) is 0 Å². The van der Waals surface area contributed by atoms with E-state index in [-0.39, 0.29) is 0 Å². The highest BCUT2D eigenvalue weighted by Gasteiger charge is 2.23. The van der Waals surface area contributed by atoms with Crippen molar-refractivity contribution < 1.29 is 0 Å². The van der Waals surface area contributed by atoms with E-state index in [4.69, 9.17) is 0 Å². The van der Waals surface area contributed by atoms with Gasteiger partial charge >= 0.3 is 0 Å². The molecule has 1 saturated heterocycles. The van der Waals surface area contributed by atoms with Gasteiger partial charge in [0.05, 0.1) is 5.69 Å². The molecule has 0 aromatic carbocycles. The Labute approximate surface area is 124 Å². The summed E-state index contributed by atoms with van der Waals surface area (Å²) in [5.74, 6) is 0.695. The largest absolute Gasteiger partial charge is 0.310 e. The van der Waals surface area contributed by atoms with E-state index in [2.05, 4.69) is 51.0 Å². The first kappa shape index (κ1) is 14.9. The van der Waals surface area contributed by atoms with E-state index in [1.807, 2.05) is 12.1 Å². The van der Waals surface area contributed by atoms with Gasteiger partial charge < -0.3 is 5.32 Å². The van der Waals surface area contributed by atoms with Gasteiger partial charge in [-0.15, -0.1) is 0 Å². The molecule has 2 heterocycles. The fourth-order valence-corrected chi connectivity index (χ4v) is 3.14. The molecule has 1 aromatic rings. The molecule has 1 aromatic heterocycles. The molecule has 1 atom stereocenters. The molecule has 0 radical (unpaired) electrons. The Hall–Kier alpha value is -0.450. The molecule has 1 aliphatic rings. The Kier molecular flexibility index (Phi) is 5.79. The van der Waals surface area contributed by atoms with E-state index >= 15 is 0 Å². The van der Waals surface area contributed by atoms with Crippen molar-refractivity contribution in [2.24, 2.45) is 5.92 Å². The molecule has 0 spiro atoms. The molecule has 3 nitrogen and oxygen atoms in total. The van der Waals surface area contributed by atoms with Crippen molar-refractivity contribution in [2.75, 3.05) is 19.6 Å². The van der Waals surface area contributed by atoms with Gasteiger partial charge in [-0.25, -0.2) is 4.98 Å². The van der Waals surface area contributed by atoms with Crippen LogP contribution in [-0.4, -0.2) is 35.6 Å². The Bertz CT molecular complexity index is 389. The summed E-state index contributed by atoms with van der Waals surface area (Å²) in [6.45, 7) is 9.06. The lowest BCUT2D eigenvalue weighted by Crippen LogP contribution is -2.44. The average Bonchev–Trinajstić information content (AvgIpc) is 2.88. The predicted molar refractivity (Wildman–Crippen MR) is 83.1 cm³/mol. The molecule has 0 bridgehead atoms. The highest BCUT2D eigenvalue weighted by Crippen LogP contribution is 2.17. The monoisotopic (exact) mass is 325 g/mol. The number of hydrogen-bond donors (Lipinski definition) is 1. The molecular weight excluding hydrogens is 302 g/mol.